The maximum absolute atomic E-state index is 13.6. The van der Waals surface area contributed by atoms with E-state index in [-0.39, 0.29) is 13.1 Å². The molecule has 5 N–H and O–H groups in total. The minimum absolute atomic E-state index is 0.131. The molecule has 46 heavy (non-hydrogen) atoms. The normalized spacial score (nSPS) is 18.0. The van der Waals surface area contributed by atoms with Gasteiger partial charge in [0, 0.05) is 13.0 Å². The first-order chi connectivity index (χ1) is 21.8. The van der Waals surface area contributed by atoms with E-state index in [0.29, 0.717) is 6.42 Å². The van der Waals surface area contributed by atoms with Gasteiger partial charge in [-0.1, -0.05) is 112 Å². The molecule has 0 bridgehead atoms. The summed E-state index contributed by atoms with van der Waals surface area (Å²) in [5.41, 5.74) is 4.65. The van der Waals surface area contributed by atoms with E-state index in [1.807, 2.05) is 91.0 Å². The van der Waals surface area contributed by atoms with Crippen molar-refractivity contribution in [3.8, 4) is 0 Å². The number of fused-ring (bicyclic) bond motifs is 1. The predicted octanol–water partition coefficient (Wildman–Crippen LogP) is 3.99. The van der Waals surface area contributed by atoms with Crippen molar-refractivity contribution in [1.29, 1.82) is 0 Å². The lowest BCUT2D eigenvalue weighted by atomic mass is 9.86. The largest absolute Gasteiger partial charge is 0.453 e. The zero-order valence-electron chi connectivity index (χ0n) is 27.0. The molecule has 0 aromatic heterocycles. The Hall–Kier alpha value is -4.51. The van der Waals surface area contributed by atoms with Crippen molar-refractivity contribution in [2.45, 2.75) is 64.4 Å². The van der Waals surface area contributed by atoms with Crippen molar-refractivity contribution in [3.63, 3.8) is 0 Å². The number of amides is 3. The molecule has 0 heterocycles. The van der Waals surface area contributed by atoms with Crippen LogP contribution in [-0.2, 0) is 27.3 Å². The van der Waals surface area contributed by atoms with E-state index in [0.717, 1.165) is 27.8 Å². The van der Waals surface area contributed by atoms with Crippen molar-refractivity contribution in [2.75, 3.05) is 13.7 Å². The molecule has 4 atom stereocenters. The molecule has 1 aliphatic rings. The number of benzene rings is 3. The number of aliphatic hydroxyl groups excluding tert-OH is 1. The molecule has 0 spiro atoms. The van der Waals surface area contributed by atoms with E-state index in [4.69, 9.17) is 4.74 Å². The summed E-state index contributed by atoms with van der Waals surface area (Å²) in [5, 5.41) is 29.0. The van der Waals surface area contributed by atoms with Crippen LogP contribution in [0.1, 0.15) is 61.6 Å². The lowest BCUT2D eigenvalue weighted by Crippen LogP contribution is -2.60. The monoisotopic (exact) mass is 628 g/mol. The SMILES string of the molecule is COC(=O)N[C@H](C(=O)NN(Cc1cccc(/C=C/c2ccccc2)c1)C[C@](C)(O)C(=O)N[C@H]1c2ccccc2C[C@H]1O)C(C)(C)C. The fraction of sp³-hybridized carbons (Fsp3) is 0.361. The molecule has 1 aliphatic carbocycles. The van der Waals surface area contributed by atoms with Gasteiger partial charge in [0.05, 0.1) is 25.8 Å². The number of nitrogens with zero attached hydrogens (tertiary/aromatic N) is 1. The van der Waals surface area contributed by atoms with Gasteiger partial charge in [0.15, 0.2) is 5.60 Å². The van der Waals surface area contributed by atoms with Gasteiger partial charge in [-0.05, 0) is 40.2 Å². The highest BCUT2D eigenvalue weighted by atomic mass is 16.5. The Bertz CT molecular complexity index is 1550. The third-order valence-corrected chi connectivity index (χ3v) is 7.91. The Morgan fingerprint density at radius 1 is 0.957 bits per heavy atom. The summed E-state index contributed by atoms with van der Waals surface area (Å²) >= 11 is 0. The Labute approximate surface area is 270 Å². The molecule has 3 aromatic carbocycles. The number of hydrogen-bond donors (Lipinski definition) is 5. The summed E-state index contributed by atoms with van der Waals surface area (Å²) in [4.78, 5) is 39.2. The van der Waals surface area contributed by atoms with Crippen LogP contribution in [0.3, 0.4) is 0 Å². The highest BCUT2D eigenvalue weighted by Gasteiger charge is 2.40. The first-order valence-corrected chi connectivity index (χ1v) is 15.3. The Kier molecular flexibility index (Phi) is 11.0. The lowest BCUT2D eigenvalue weighted by molar-refractivity contribution is -0.145. The molecule has 0 saturated heterocycles. The average molecular weight is 629 g/mol. The quantitative estimate of drug-likeness (QED) is 0.160. The van der Waals surface area contributed by atoms with Crippen molar-refractivity contribution < 1.29 is 29.3 Å². The zero-order valence-corrected chi connectivity index (χ0v) is 27.0. The van der Waals surface area contributed by atoms with Crippen molar-refractivity contribution in [1.82, 2.24) is 21.1 Å². The van der Waals surface area contributed by atoms with Gasteiger partial charge in [0.25, 0.3) is 11.8 Å². The molecule has 4 rings (SSSR count). The van der Waals surface area contributed by atoms with Crippen LogP contribution < -0.4 is 16.1 Å². The van der Waals surface area contributed by atoms with E-state index in [9.17, 15) is 24.6 Å². The first kappa shape index (κ1) is 34.4. The standard InChI is InChI=1S/C36H44N4O6/c1-35(2,3)31(38-34(44)46-5)32(42)39-40(22-26-15-11-14-25(20-26)19-18-24-12-7-6-8-13-24)23-36(4,45)33(43)37-30-28-17-10-9-16-27(28)21-29(30)41/h6-20,29-31,41,45H,21-23H2,1-5H3,(H,37,43)(H,38,44)(H,39,42)/b19-18+/t29-,30+,31-,36+/m1/s1. The molecule has 0 radical (unpaired) electrons. The minimum atomic E-state index is -1.98. The summed E-state index contributed by atoms with van der Waals surface area (Å²) in [7, 11) is 1.22. The molecule has 0 aliphatic heterocycles. The first-order valence-electron chi connectivity index (χ1n) is 15.3. The summed E-state index contributed by atoms with van der Waals surface area (Å²) in [6.45, 7) is 6.60. The molecule has 10 nitrogen and oxygen atoms in total. The van der Waals surface area contributed by atoms with E-state index in [2.05, 4.69) is 16.1 Å². The molecular weight excluding hydrogens is 584 g/mol. The summed E-state index contributed by atoms with van der Waals surface area (Å²) in [6, 6.07) is 23.3. The van der Waals surface area contributed by atoms with E-state index in [1.54, 1.807) is 20.8 Å². The number of carbonyl (C=O) groups excluding carboxylic acids is 3. The van der Waals surface area contributed by atoms with Gasteiger partial charge in [0.2, 0.25) is 0 Å². The van der Waals surface area contributed by atoms with Crippen LogP contribution in [-0.4, -0.2) is 64.5 Å². The Morgan fingerprint density at radius 3 is 2.30 bits per heavy atom. The summed E-state index contributed by atoms with van der Waals surface area (Å²) < 4.78 is 4.74. The molecule has 0 fully saturated rings. The van der Waals surface area contributed by atoms with Crippen molar-refractivity contribution in [2.24, 2.45) is 5.41 Å². The molecule has 3 aromatic rings. The lowest BCUT2D eigenvalue weighted by Gasteiger charge is -2.35. The number of carbonyl (C=O) groups is 3. The second-order valence-electron chi connectivity index (χ2n) is 13.0. The number of hydrazine groups is 1. The maximum atomic E-state index is 13.6. The topological polar surface area (TPSA) is 140 Å². The third-order valence-electron chi connectivity index (χ3n) is 7.91. The van der Waals surface area contributed by atoms with E-state index in [1.165, 1.54) is 19.0 Å². The number of alkyl carbamates (subject to hydrolysis) is 1. The Balaban J connectivity index is 1.57. The maximum Gasteiger partial charge on any atom is 0.407 e. The average Bonchev–Trinajstić information content (AvgIpc) is 3.32. The van der Waals surface area contributed by atoms with Gasteiger partial charge >= 0.3 is 6.09 Å². The highest BCUT2D eigenvalue weighted by Crippen LogP contribution is 2.31. The molecule has 244 valence electrons. The van der Waals surface area contributed by atoms with Crippen LogP contribution in [0.2, 0.25) is 0 Å². The summed E-state index contributed by atoms with van der Waals surface area (Å²) in [6.07, 6.45) is 2.77. The number of rotatable bonds is 11. The Morgan fingerprint density at radius 2 is 1.61 bits per heavy atom. The predicted molar refractivity (Wildman–Crippen MR) is 177 cm³/mol. The summed E-state index contributed by atoms with van der Waals surface area (Å²) in [5.74, 6) is -1.25. The molecule has 3 amide bonds. The smallest absolute Gasteiger partial charge is 0.407 e. The van der Waals surface area contributed by atoms with Gasteiger partial charge < -0.3 is 25.6 Å². The van der Waals surface area contributed by atoms with Gasteiger partial charge in [-0.3, -0.25) is 15.0 Å². The molecule has 0 saturated carbocycles. The minimum Gasteiger partial charge on any atom is -0.453 e. The second-order valence-corrected chi connectivity index (χ2v) is 13.0. The van der Waals surface area contributed by atoms with Crippen LogP contribution in [0.4, 0.5) is 4.79 Å². The number of nitrogens with one attached hydrogen (secondary N) is 3. The van der Waals surface area contributed by atoms with Gasteiger partial charge in [-0.15, -0.1) is 0 Å². The molecule has 10 heteroatoms. The van der Waals surface area contributed by atoms with Crippen LogP contribution in [0.15, 0.2) is 78.9 Å². The van der Waals surface area contributed by atoms with Crippen LogP contribution in [0.25, 0.3) is 12.2 Å². The fourth-order valence-corrected chi connectivity index (χ4v) is 5.47. The number of aliphatic hydroxyl groups is 2. The number of ether oxygens (including phenoxy) is 1. The highest BCUT2D eigenvalue weighted by molar-refractivity contribution is 5.87. The van der Waals surface area contributed by atoms with Gasteiger partial charge in [-0.2, -0.15) is 0 Å². The van der Waals surface area contributed by atoms with Crippen molar-refractivity contribution in [3.05, 3.63) is 107 Å². The van der Waals surface area contributed by atoms with Crippen LogP contribution in [0.5, 0.6) is 0 Å². The van der Waals surface area contributed by atoms with Gasteiger partial charge in [0.1, 0.15) is 6.04 Å². The van der Waals surface area contributed by atoms with E-state index < -0.39 is 47.1 Å². The van der Waals surface area contributed by atoms with Gasteiger partial charge in [-0.25, -0.2) is 9.80 Å². The second kappa shape index (κ2) is 14.7. The van der Waals surface area contributed by atoms with Crippen LogP contribution in [0, 0.1) is 5.41 Å². The zero-order chi connectivity index (χ0) is 33.5. The number of hydrogen-bond acceptors (Lipinski definition) is 7. The fourth-order valence-electron chi connectivity index (χ4n) is 5.47. The molecule has 0 unspecified atom stereocenters. The van der Waals surface area contributed by atoms with Crippen molar-refractivity contribution >= 4 is 30.1 Å². The number of methoxy groups -OCH3 is 1. The molecular formula is C36H44N4O6. The van der Waals surface area contributed by atoms with Crippen LogP contribution >= 0.6 is 0 Å². The van der Waals surface area contributed by atoms with E-state index >= 15 is 0 Å². The third kappa shape index (κ3) is 9.03.